The van der Waals surface area contributed by atoms with Gasteiger partial charge in [-0.3, -0.25) is 9.80 Å². The third-order valence-corrected chi connectivity index (χ3v) is 7.75. The molecule has 0 radical (unpaired) electrons. The molecule has 2 aliphatic rings. The number of rotatable bonds is 10. The fourth-order valence-corrected chi connectivity index (χ4v) is 5.71. The smallest absolute Gasteiger partial charge is 0.314 e. The summed E-state index contributed by atoms with van der Waals surface area (Å²) in [5.74, 6) is 1.27. The molecule has 1 aromatic heterocycles. The van der Waals surface area contributed by atoms with Gasteiger partial charge < -0.3 is 10.6 Å². The van der Waals surface area contributed by atoms with Gasteiger partial charge in [-0.1, -0.05) is 32.8 Å². The summed E-state index contributed by atoms with van der Waals surface area (Å²) in [6.45, 7) is 11.9. The van der Waals surface area contributed by atoms with E-state index in [9.17, 15) is 4.79 Å². The van der Waals surface area contributed by atoms with E-state index in [4.69, 9.17) is 0 Å². The molecule has 3 rings (SSSR count). The maximum absolute atomic E-state index is 12.4. The Balaban J connectivity index is 1.35. The molecule has 2 fully saturated rings. The summed E-state index contributed by atoms with van der Waals surface area (Å²) in [5, 5.41) is 8.49. The maximum Gasteiger partial charge on any atom is 0.314 e. The summed E-state index contributed by atoms with van der Waals surface area (Å²) < 4.78 is 0. The van der Waals surface area contributed by atoms with E-state index in [0.29, 0.717) is 17.9 Å². The minimum absolute atomic E-state index is 0.0150. The van der Waals surface area contributed by atoms with Crippen LogP contribution >= 0.6 is 11.3 Å². The molecule has 6 heteroatoms. The van der Waals surface area contributed by atoms with E-state index >= 15 is 0 Å². The van der Waals surface area contributed by atoms with Crippen LogP contribution in [0.1, 0.15) is 57.2 Å². The standard InChI is InChI=1S/C23H40N4OS/c1-3-20(4-2)22(27-11-5-6-12-27)17-25-23(28)24-16-19-9-13-26(14-10-19)18-21-8-7-15-29-21/h7-8,15,19-20,22H,3-6,9-14,16-18H2,1-2H3,(H2,24,25,28)/t22-/m0/s1. The lowest BCUT2D eigenvalue weighted by Gasteiger charge is -2.34. The first-order chi connectivity index (χ1) is 14.2. The molecular weight excluding hydrogens is 380 g/mol. The normalized spacial score (nSPS) is 20.2. The Hall–Kier alpha value is -1.11. The maximum atomic E-state index is 12.4. The van der Waals surface area contributed by atoms with E-state index in [1.807, 2.05) is 11.3 Å². The van der Waals surface area contributed by atoms with Gasteiger partial charge in [0.2, 0.25) is 0 Å². The van der Waals surface area contributed by atoms with E-state index in [0.717, 1.165) is 32.7 Å². The second kappa shape index (κ2) is 11.9. The van der Waals surface area contributed by atoms with E-state index in [1.54, 1.807) is 0 Å². The van der Waals surface area contributed by atoms with Crippen molar-refractivity contribution in [2.45, 2.75) is 65.0 Å². The van der Waals surface area contributed by atoms with Crippen LogP contribution in [0.4, 0.5) is 4.79 Å². The van der Waals surface area contributed by atoms with Gasteiger partial charge in [-0.2, -0.15) is 0 Å². The fraction of sp³-hybridized carbons (Fsp3) is 0.783. The minimum Gasteiger partial charge on any atom is -0.338 e. The zero-order valence-electron chi connectivity index (χ0n) is 18.4. The molecule has 2 saturated heterocycles. The van der Waals surface area contributed by atoms with Crippen LogP contribution in [0.2, 0.25) is 0 Å². The molecule has 0 aromatic carbocycles. The number of urea groups is 1. The average molecular weight is 421 g/mol. The van der Waals surface area contributed by atoms with Crippen LogP contribution in [0.3, 0.4) is 0 Å². The number of likely N-dealkylation sites (tertiary alicyclic amines) is 2. The van der Waals surface area contributed by atoms with Crippen molar-refractivity contribution in [2.24, 2.45) is 11.8 Å². The number of carbonyl (C=O) groups is 1. The minimum atomic E-state index is 0.0150. The molecule has 1 aromatic rings. The van der Waals surface area contributed by atoms with Crippen LogP contribution < -0.4 is 10.6 Å². The Morgan fingerprint density at radius 2 is 1.86 bits per heavy atom. The monoisotopic (exact) mass is 420 g/mol. The van der Waals surface area contributed by atoms with Gasteiger partial charge in [0.25, 0.3) is 0 Å². The summed E-state index contributed by atoms with van der Waals surface area (Å²) in [7, 11) is 0. The van der Waals surface area contributed by atoms with Crippen molar-refractivity contribution in [3.8, 4) is 0 Å². The average Bonchev–Trinajstić information content (AvgIpc) is 3.45. The van der Waals surface area contributed by atoms with Gasteiger partial charge in [-0.05, 0) is 75.1 Å². The van der Waals surface area contributed by atoms with Crippen molar-refractivity contribution < 1.29 is 4.79 Å². The molecule has 5 nitrogen and oxygen atoms in total. The number of hydrogen-bond donors (Lipinski definition) is 2. The van der Waals surface area contributed by atoms with Crippen molar-refractivity contribution in [3.05, 3.63) is 22.4 Å². The quantitative estimate of drug-likeness (QED) is 0.597. The molecule has 0 aliphatic carbocycles. The molecule has 0 spiro atoms. The van der Waals surface area contributed by atoms with Crippen molar-refractivity contribution in [1.29, 1.82) is 0 Å². The molecule has 2 aliphatic heterocycles. The number of amides is 2. The second-order valence-electron chi connectivity index (χ2n) is 8.78. The van der Waals surface area contributed by atoms with E-state index in [2.05, 4.69) is 51.8 Å². The third-order valence-electron chi connectivity index (χ3n) is 6.89. The van der Waals surface area contributed by atoms with Gasteiger partial charge >= 0.3 is 6.03 Å². The fourth-order valence-electron chi connectivity index (χ4n) is 4.97. The van der Waals surface area contributed by atoms with Crippen LogP contribution in [0, 0.1) is 11.8 Å². The van der Waals surface area contributed by atoms with E-state index in [-0.39, 0.29) is 6.03 Å². The van der Waals surface area contributed by atoms with Gasteiger partial charge in [0.05, 0.1) is 0 Å². The number of nitrogens with one attached hydrogen (secondary N) is 2. The Morgan fingerprint density at radius 3 is 2.48 bits per heavy atom. The zero-order chi connectivity index (χ0) is 20.5. The molecule has 2 N–H and O–H groups in total. The Bertz CT molecular complexity index is 574. The highest BCUT2D eigenvalue weighted by Crippen LogP contribution is 2.23. The van der Waals surface area contributed by atoms with Crippen molar-refractivity contribution in [3.63, 3.8) is 0 Å². The summed E-state index contributed by atoms with van der Waals surface area (Å²) in [5.41, 5.74) is 0. The van der Waals surface area contributed by atoms with Crippen LogP contribution in [-0.2, 0) is 6.54 Å². The van der Waals surface area contributed by atoms with Crippen molar-refractivity contribution >= 4 is 17.4 Å². The topological polar surface area (TPSA) is 47.6 Å². The van der Waals surface area contributed by atoms with E-state index < -0.39 is 0 Å². The van der Waals surface area contributed by atoms with Gasteiger partial charge in [0.1, 0.15) is 0 Å². The highest BCUT2D eigenvalue weighted by atomic mass is 32.1. The first kappa shape index (κ1) is 22.6. The van der Waals surface area contributed by atoms with Crippen LogP contribution in [0.25, 0.3) is 0 Å². The molecule has 3 heterocycles. The molecule has 2 amide bonds. The number of hydrogen-bond acceptors (Lipinski definition) is 4. The third kappa shape index (κ3) is 6.97. The van der Waals surface area contributed by atoms with E-state index in [1.165, 1.54) is 56.5 Å². The zero-order valence-corrected chi connectivity index (χ0v) is 19.2. The first-order valence-electron chi connectivity index (χ1n) is 11.7. The first-order valence-corrected chi connectivity index (χ1v) is 12.6. The summed E-state index contributed by atoms with van der Waals surface area (Å²) >= 11 is 1.84. The van der Waals surface area contributed by atoms with Gasteiger partial charge in [0, 0.05) is 30.6 Å². The van der Waals surface area contributed by atoms with Crippen LogP contribution in [-0.4, -0.2) is 61.1 Å². The predicted octanol–water partition coefficient (Wildman–Crippen LogP) is 4.16. The molecular formula is C23H40N4OS. The van der Waals surface area contributed by atoms with Crippen molar-refractivity contribution in [1.82, 2.24) is 20.4 Å². The molecule has 0 bridgehead atoms. The number of nitrogens with zero attached hydrogens (tertiary/aromatic N) is 2. The number of thiophene rings is 1. The van der Waals surface area contributed by atoms with Gasteiger partial charge in [0.15, 0.2) is 0 Å². The highest BCUT2D eigenvalue weighted by Gasteiger charge is 2.28. The molecule has 0 saturated carbocycles. The summed E-state index contributed by atoms with van der Waals surface area (Å²) in [6.07, 6.45) is 7.32. The van der Waals surface area contributed by atoms with Crippen LogP contribution in [0.15, 0.2) is 17.5 Å². The number of carbonyl (C=O) groups excluding carboxylic acids is 1. The molecule has 164 valence electrons. The lowest BCUT2D eigenvalue weighted by molar-refractivity contribution is 0.159. The lowest BCUT2D eigenvalue weighted by atomic mass is 9.93. The lowest BCUT2D eigenvalue weighted by Crippen LogP contribution is -2.49. The highest BCUT2D eigenvalue weighted by molar-refractivity contribution is 7.09. The van der Waals surface area contributed by atoms with Crippen LogP contribution in [0.5, 0.6) is 0 Å². The Labute approximate surface area is 181 Å². The predicted molar refractivity (Wildman–Crippen MR) is 122 cm³/mol. The Kier molecular flexibility index (Phi) is 9.28. The Morgan fingerprint density at radius 1 is 1.14 bits per heavy atom. The summed E-state index contributed by atoms with van der Waals surface area (Å²) in [4.78, 5) is 19.0. The second-order valence-corrected chi connectivity index (χ2v) is 9.81. The molecule has 29 heavy (non-hydrogen) atoms. The number of piperidine rings is 1. The van der Waals surface area contributed by atoms with Gasteiger partial charge in [-0.25, -0.2) is 4.79 Å². The van der Waals surface area contributed by atoms with Gasteiger partial charge in [-0.15, -0.1) is 11.3 Å². The summed E-state index contributed by atoms with van der Waals surface area (Å²) in [6, 6.07) is 4.85. The molecule has 1 atom stereocenters. The van der Waals surface area contributed by atoms with Crippen molar-refractivity contribution in [2.75, 3.05) is 39.3 Å². The SMILES string of the molecule is CCC(CC)[C@H](CNC(=O)NCC1CCN(Cc2cccs2)CC1)N1CCCC1. The molecule has 0 unspecified atom stereocenters. The largest absolute Gasteiger partial charge is 0.338 e.